The van der Waals surface area contributed by atoms with Crippen LogP contribution in [0, 0.1) is 11.8 Å². The molecular weight excluding hydrogens is 483 g/mol. The molecule has 0 radical (unpaired) electrons. The molecule has 2 aliphatic rings. The van der Waals surface area contributed by atoms with Gasteiger partial charge in [-0.25, -0.2) is 0 Å². The minimum absolute atomic E-state index is 0. The van der Waals surface area contributed by atoms with E-state index in [-0.39, 0.29) is 24.0 Å². The van der Waals surface area contributed by atoms with Crippen molar-refractivity contribution >= 4 is 41.3 Å². The van der Waals surface area contributed by atoms with Gasteiger partial charge in [0, 0.05) is 37.5 Å². The molecule has 0 aromatic carbocycles. The van der Waals surface area contributed by atoms with E-state index in [0.29, 0.717) is 12.0 Å². The summed E-state index contributed by atoms with van der Waals surface area (Å²) in [6.45, 7) is 11.4. The van der Waals surface area contributed by atoms with Crippen LogP contribution >= 0.6 is 35.3 Å². The average molecular weight is 521 g/mol. The van der Waals surface area contributed by atoms with Gasteiger partial charge in [0.2, 0.25) is 0 Å². The van der Waals surface area contributed by atoms with Crippen molar-refractivity contribution in [2.75, 3.05) is 53.0 Å². The van der Waals surface area contributed by atoms with Crippen LogP contribution in [0.4, 0.5) is 0 Å². The molecule has 3 rings (SSSR count). The summed E-state index contributed by atoms with van der Waals surface area (Å²) in [6, 6.07) is 4.84. The number of guanidine groups is 1. The van der Waals surface area contributed by atoms with Gasteiger partial charge in [0.15, 0.2) is 5.96 Å². The topological polar surface area (TPSA) is 40.1 Å². The summed E-state index contributed by atoms with van der Waals surface area (Å²) in [5.41, 5.74) is 0. The van der Waals surface area contributed by atoms with E-state index in [9.17, 15) is 0 Å². The molecule has 3 heterocycles. The van der Waals surface area contributed by atoms with Gasteiger partial charge in [0.1, 0.15) is 0 Å². The lowest BCUT2D eigenvalue weighted by molar-refractivity contribution is 0.143. The molecule has 0 aliphatic carbocycles. The number of nitrogens with zero attached hydrogens (tertiary/aromatic N) is 3. The Kier molecular flexibility index (Phi) is 10.5. The van der Waals surface area contributed by atoms with Crippen molar-refractivity contribution in [3.8, 4) is 0 Å². The van der Waals surface area contributed by atoms with Crippen LogP contribution in [0.25, 0.3) is 0 Å². The van der Waals surface area contributed by atoms with E-state index in [4.69, 9.17) is 9.73 Å². The van der Waals surface area contributed by atoms with Crippen molar-refractivity contribution in [2.45, 2.75) is 39.2 Å². The summed E-state index contributed by atoms with van der Waals surface area (Å²) >= 11 is 1.86. The Balaban J connectivity index is 0.00000280. The quantitative estimate of drug-likeness (QED) is 0.334. The smallest absolute Gasteiger partial charge is 0.193 e. The second kappa shape index (κ2) is 12.3. The van der Waals surface area contributed by atoms with Crippen molar-refractivity contribution in [3.63, 3.8) is 0 Å². The minimum atomic E-state index is 0. The Hall–Kier alpha value is -0.380. The fraction of sp³-hybridized carbons (Fsp3) is 0.762. The number of hydrogen-bond donors (Lipinski definition) is 1. The molecule has 2 unspecified atom stereocenters. The van der Waals surface area contributed by atoms with Crippen molar-refractivity contribution in [1.29, 1.82) is 0 Å². The average Bonchev–Trinajstić information content (AvgIpc) is 3.36. The summed E-state index contributed by atoms with van der Waals surface area (Å²) < 4.78 is 5.54. The monoisotopic (exact) mass is 520 g/mol. The third-order valence-electron chi connectivity index (χ3n) is 5.80. The van der Waals surface area contributed by atoms with Gasteiger partial charge < -0.3 is 15.0 Å². The van der Waals surface area contributed by atoms with E-state index in [2.05, 4.69) is 53.5 Å². The Labute approximate surface area is 191 Å². The molecule has 0 spiro atoms. The first kappa shape index (κ1) is 23.9. The lowest BCUT2D eigenvalue weighted by Gasteiger charge is -2.36. The van der Waals surface area contributed by atoms with Crippen LogP contribution in [0.1, 0.15) is 44.0 Å². The molecule has 2 atom stereocenters. The fourth-order valence-electron chi connectivity index (χ4n) is 4.05. The van der Waals surface area contributed by atoms with Crippen LogP contribution in [0.2, 0.25) is 0 Å². The normalized spacial score (nSPS) is 22.7. The number of ether oxygens (including phenoxy) is 1. The van der Waals surface area contributed by atoms with Gasteiger partial charge in [-0.2, -0.15) is 0 Å². The van der Waals surface area contributed by atoms with Crippen molar-refractivity contribution in [1.82, 2.24) is 15.1 Å². The Morgan fingerprint density at radius 3 is 2.79 bits per heavy atom. The van der Waals surface area contributed by atoms with E-state index < -0.39 is 0 Å². The molecular formula is C21H37IN4OS. The number of hydrogen-bond acceptors (Lipinski definition) is 4. The van der Waals surface area contributed by atoms with Crippen LogP contribution in [0.3, 0.4) is 0 Å². The van der Waals surface area contributed by atoms with Crippen molar-refractivity contribution in [2.24, 2.45) is 16.8 Å². The number of piperidine rings is 1. The van der Waals surface area contributed by atoms with Crippen LogP contribution < -0.4 is 5.32 Å². The summed E-state index contributed by atoms with van der Waals surface area (Å²) in [6.07, 6.45) is 3.76. The highest BCUT2D eigenvalue weighted by Crippen LogP contribution is 2.29. The van der Waals surface area contributed by atoms with E-state index in [1.165, 1.54) is 30.8 Å². The molecule has 28 heavy (non-hydrogen) atoms. The molecule has 1 aromatic heterocycles. The zero-order chi connectivity index (χ0) is 19.1. The maximum Gasteiger partial charge on any atom is 0.193 e. The lowest BCUT2D eigenvalue weighted by Crippen LogP contribution is -2.42. The van der Waals surface area contributed by atoms with E-state index in [1.807, 2.05) is 11.3 Å². The second-order valence-corrected chi connectivity index (χ2v) is 9.03. The molecule has 2 fully saturated rings. The maximum absolute atomic E-state index is 5.54. The van der Waals surface area contributed by atoms with Crippen molar-refractivity contribution < 1.29 is 4.74 Å². The molecule has 2 saturated heterocycles. The van der Waals surface area contributed by atoms with Gasteiger partial charge in [-0.1, -0.05) is 13.0 Å². The minimum Gasteiger partial charge on any atom is -0.381 e. The standard InChI is InChI=1S/C21H36N4OS.HI/c1-4-22-21(24(3)15-18-9-12-26-16-18)23-14-19(20-6-5-13-27-20)25-10-7-17(2)8-11-25;/h5-6,13,17-19H,4,7-12,14-16H2,1-3H3,(H,22,23);1H. The van der Waals surface area contributed by atoms with E-state index >= 15 is 0 Å². The Morgan fingerprint density at radius 2 is 2.18 bits per heavy atom. The van der Waals surface area contributed by atoms with Crippen LogP contribution in [-0.4, -0.2) is 68.7 Å². The lowest BCUT2D eigenvalue weighted by atomic mass is 9.97. The van der Waals surface area contributed by atoms with E-state index in [1.54, 1.807) is 0 Å². The van der Waals surface area contributed by atoms with Crippen LogP contribution in [0.5, 0.6) is 0 Å². The van der Waals surface area contributed by atoms with Gasteiger partial charge in [0.05, 0.1) is 19.2 Å². The molecule has 160 valence electrons. The number of aliphatic imine (C=N–C) groups is 1. The highest BCUT2D eigenvalue weighted by atomic mass is 127. The van der Waals surface area contributed by atoms with Gasteiger partial charge in [0.25, 0.3) is 0 Å². The summed E-state index contributed by atoms with van der Waals surface area (Å²) in [5.74, 6) is 2.50. The highest BCUT2D eigenvalue weighted by Gasteiger charge is 2.26. The third-order valence-corrected chi connectivity index (χ3v) is 6.77. The zero-order valence-corrected chi connectivity index (χ0v) is 20.7. The third kappa shape index (κ3) is 6.85. The molecule has 0 saturated carbocycles. The number of likely N-dealkylation sites (tertiary alicyclic amines) is 1. The van der Waals surface area contributed by atoms with E-state index in [0.717, 1.165) is 51.1 Å². The predicted octanol–water partition coefficient (Wildman–Crippen LogP) is 4.07. The predicted molar refractivity (Wildman–Crippen MR) is 130 cm³/mol. The molecule has 1 aromatic rings. The molecule has 1 N–H and O–H groups in total. The Morgan fingerprint density at radius 1 is 1.39 bits per heavy atom. The molecule has 0 bridgehead atoms. The first-order valence-corrected chi connectivity index (χ1v) is 11.4. The first-order valence-electron chi connectivity index (χ1n) is 10.5. The number of halogens is 1. The highest BCUT2D eigenvalue weighted by molar-refractivity contribution is 14.0. The first-order chi connectivity index (χ1) is 13.2. The maximum atomic E-state index is 5.54. The number of thiophene rings is 1. The Bertz CT molecular complexity index is 569. The van der Waals surface area contributed by atoms with Crippen molar-refractivity contribution in [3.05, 3.63) is 22.4 Å². The number of rotatable bonds is 7. The SMILES string of the molecule is CCNC(=NCC(c1cccs1)N1CCC(C)CC1)N(C)CC1CCOC1.I. The number of nitrogens with one attached hydrogen (secondary N) is 1. The van der Waals surface area contributed by atoms with Gasteiger partial charge >= 0.3 is 0 Å². The van der Waals surface area contributed by atoms with Crippen LogP contribution in [0.15, 0.2) is 22.5 Å². The fourth-order valence-corrected chi connectivity index (χ4v) is 4.90. The second-order valence-electron chi connectivity index (χ2n) is 8.05. The van der Waals surface area contributed by atoms with Gasteiger partial charge in [-0.05, 0) is 56.6 Å². The summed E-state index contributed by atoms with van der Waals surface area (Å²) in [4.78, 5) is 11.4. The zero-order valence-electron chi connectivity index (χ0n) is 17.6. The molecule has 7 heteroatoms. The van der Waals surface area contributed by atoms with Gasteiger partial charge in [-0.3, -0.25) is 9.89 Å². The van der Waals surface area contributed by atoms with Crippen LogP contribution in [-0.2, 0) is 4.74 Å². The summed E-state index contributed by atoms with van der Waals surface area (Å²) in [5, 5.41) is 5.68. The summed E-state index contributed by atoms with van der Waals surface area (Å²) in [7, 11) is 2.16. The van der Waals surface area contributed by atoms with Gasteiger partial charge in [-0.15, -0.1) is 35.3 Å². The molecule has 0 amide bonds. The largest absolute Gasteiger partial charge is 0.381 e. The molecule has 2 aliphatic heterocycles. The molecule has 5 nitrogen and oxygen atoms in total.